The molecule has 0 radical (unpaired) electrons. The highest BCUT2D eigenvalue weighted by Crippen LogP contribution is 2.32. The van der Waals surface area contributed by atoms with E-state index in [1.165, 1.54) is 6.08 Å². The standard InChI is InChI=1S/C20H22O4/c1-3-7-15-10-11-19(24-14-23-2)18(12-15)17(13-20(21)22)16-8-5-4-6-9-16/h4-6,8-13H,3,7,14H2,1-2H3,(H,21,22). The monoisotopic (exact) mass is 326 g/mol. The number of hydrogen-bond donors (Lipinski definition) is 1. The van der Waals surface area contributed by atoms with E-state index in [9.17, 15) is 9.90 Å². The molecule has 0 bridgehead atoms. The lowest BCUT2D eigenvalue weighted by molar-refractivity contribution is -0.131. The quantitative estimate of drug-likeness (QED) is 0.585. The number of benzene rings is 2. The van der Waals surface area contributed by atoms with E-state index in [-0.39, 0.29) is 6.79 Å². The summed E-state index contributed by atoms with van der Waals surface area (Å²) in [6.45, 7) is 2.22. The van der Waals surface area contributed by atoms with Crippen LogP contribution in [0.2, 0.25) is 0 Å². The zero-order chi connectivity index (χ0) is 17.4. The summed E-state index contributed by atoms with van der Waals surface area (Å²) in [4.78, 5) is 11.4. The first-order chi connectivity index (χ1) is 11.7. The predicted molar refractivity (Wildman–Crippen MR) is 94.1 cm³/mol. The molecule has 0 unspecified atom stereocenters. The van der Waals surface area contributed by atoms with E-state index in [2.05, 4.69) is 6.92 Å². The van der Waals surface area contributed by atoms with Crippen molar-refractivity contribution in [3.05, 3.63) is 71.3 Å². The zero-order valence-electron chi connectivity index (χ0n) is 14.0. The van der Waals surface area contributed by atoms with Gasteiger partial charge in [0, 0.05) is 18.7 Å². The number of carboxylic acids is 1. The Bertz CT molecular complexity index is 705. The fourth-order valence-electron chi connectivity index (χ4n) is 2.54. The second kappa shape index (κ2) is 8.89. The maximum Gasteiger partial charge on any atom is 0.328 e. The third kappa shape index (κ3) is 4.70. The third-order valence-corrected chi connectivity index (χ3v) is 3.56. The molecule has 0 heterocycles. The van der Waals surface area contributed by atoms with Crippen LogP contribution < -0.4 is 4.74 Å². The fourth-order valence-corrected chi connectivity index (χ4v) is 2.54. The molecule has 0 saturated carbocycles. The molecule has 0 spiro atoms. The average Bonchev–Trinajstić information content (AvgIpc) is 2.59. The van der Waals surface area contributed by atoms with Gasteiger partial charge in [0.1, 0.15) is 5.75 Å². The molecule has 0 saturated heterocycles. The van der Waals surface area contributed by atoms with Crippen LogP contribution in [0.5, 0.6) is 5.75 Å². The first-order valence-electron chi connectivity index (χ1n) is 7.90. The van der Waals surface area contributed by atoms with Gasteiger partial charge in [0.25, 0.3) is 0 Å². The van der Waals surface area contributed by atoms with Crippen LogP contribution >= 0.6 is 0 Å². The Morgan fingerprint density at radius 2 is 1.92 bits per heavy atom. The van der Waals surface area contributed by atoms with Crippen molar-refractivity contribution in [2.75, 3.05) is 13.9 Å². The second-order valence-electron chi connectivity index (χ2n) is 5.39. The molecule has 2 aromatic rings. The summed E-state index contributed by atoms with van der Waals surface area (Å²) in [5, 5.41) is 9.30. The van der Waals surface area contributed by atoms with Gasteiger partial charge in [-0.1, -0.05) is 49.7 Å². The number of aliphatic carboxylic acids is 1. The Labute approximate surface area is 142 Å². The van der Waals surface area contributed by atoms with E-state index in [0.717, 1.165) is 29.5 Å². The Kier molecular flexibility index (Phi) is 6.58. The summed E-state index contributed by atoms with van der Waals surface area (Å²) in [7, 11) is 1.55. The van der Waals surface area contributed by atoms with Gasteiger partial charge in [-0.25, -0.2) is 4.79 Å². The van der Waals surface area contributed by atoms with Crippen molar-refractivity contribution in [1.82, 2.24) is 0 Å². The minimum atomic E-state index is -0.993. The number of rotatable bonds is 8. The van der Waals surface area contributed by atoms with Gasteiger partial charge < -0.3 is 14.6 Å². The van der Waals surface area contributed by atoms with Crippen molar-refractivity contribution in [3.8, 4) is 5.75 Å². The summed E-state index contributed by atoms with van der Waals surface area (Å²) in [6, 6.07) is 15.3. The second-order valence-corrected chi connectivity index (χ2v) is 5.39. The van der Waals surface area contributed by atoms with Crippen LogP contribution in [0.1, 0.15) is 30.0 Å². The number of aryl methyl sites for hydroxylation is 1. The molecule has 24 heavy (non-hydrogen) atoms. The highest BCUT2D eigenvalue weighted by molar-refractivity contribution is 5.96. The minimum absolute atomic E-state index is 0.106. The van der Waals surface area contributed by atoms with Gasteiger partial charge >= 0.3 is 5.97 Å². The van der Waals surface area contributed by atoms with Crippen molar-refractivity contribution in [1.29, 1.82) is 0 Å². The molecule has 0 aliphatic rings. The highest BCUT2D eigenvalue weighted by atomic mass is 16.7. The molecule has 0 aliphatic heterocycles. The average molecular weight is 326 g/mol. The van der Waals surface area contributed by atoms with E-state index in [1.807, 2.05) is 48.5 Å². The maximum atomic E-state index is 11.4. The van der Waals surface area contributed by atoms with Crippen molar-refractivity contribution in [3.63, 3.8) is 0 Å². The highest BCUT2D eigenvalue weighted by Gasteiger charge is 2.14. The van der Waals surface area contributed by atoms with E-state index in [4.69, 9.17) is 9.47 Å². The predicted octanol–water partition coefficient (Wildman–Crippen LogP) is 4.14. The van der Waals surface area contributed by atoms with Crippen LogP contribution in [-0.4, -0.2) is 25.0 Å². The summed E-state index contributed by atoms with van der Waals surface area (Å²) < 4.78 is 10.6. The minimum Gasteiger partial charge on any atom is -0.478 e. The molecule has 1 N–H and O–H groups in total. The fraction of sp³-hybridized carbons (Fsp3) is 0.250. The van der Waals surface area contributed by atoms with Crippen LogP contribution in [-0.2, 0) is 16.0 Å². The SMILES string of the molecule is CCCc1ccc(OCOC)c(C(=CC(=O)O)c2ccccc2)c1. The number of methoxy groups -OCH3 is 1. The zero-order valence-corrected chi connectivity index (χ0v) is 14.0. The molecule has 2 aromatic carbocycles. The van der Waals surface area contributed by atoms with E-state index < -0.39 is 5.97 Å². The van der Waals surface area contributed by atoms with Crippen molar-refractivity contribution < 1.29 is 19.4 Å². The summed E-state index contributed by atoms with van der Waals surface area (Å²) in [5.74, 6) is -0.388. The first-order valence-corrected chi connectivity index (χ1v) is 7.90. The van der Waals surface area contributed by atoms with Gasteiger partial charge in [0.2, 0.25) is 0 Å². The molecule has 2 rings (SSSR count). The maximum absolute atomic E-state index is 11.4. The van der Waals surface area contributed by atoms with Gasteiger partial charge in [-0.2, -0.15) is 0 Å². The normalized spacial score (nSPS) is 11.3. The lowest BCUT2D eigenvalue weighted by Gasteiger charge is -2.15. The largest absolute Gasteiger partial charge is 0.478 e. The van der Waals surface area contributed by atoms with E-state index in [1.54, 1.807) is 7.11 Å². The summed E-state index contributed by atoms with van der Waals surface area (Å²) >= 11 is 0. The molecule has 0 atom stereocenters. The molecule has 4 heteroatoms. The van der Waals surface area contributed by atoms with Crippen LogP contribution in [0.15, 0.2) is 54.6 Å². The lowest BCUT2D eigenvalue weighted by Crippen LogP contribution is -2.04. The molecule has 0 amide bonds. The first kappa shape index (κ1) is 17.8. The lowest BCUT2D eigenvalue weighted by atomic mass is 9.94. The summed E-state index contributed by atoms with van der Waals surface area (Å²) in [6.07, 6.45) is 3.16. The van der Waals surface area contributed by atoms with Crippen LogP contribution in [0.3, 0.4) is 0 Å². The number of ether oxygens (including phenoxy) is 2. The molecule has 0 aromatic heterocycles. The van der Waals surface area contributed by atoms with Crippen LogP contribution in [0, 0.1) is 0 Å². The van der Waals surface area contributed by atoms with Gasteiger partial charge in [0.05, 0.1) is 0 Å². The Morgan fingerprint density at radius 3 is 2.54 bits per heavy atom. The Morgan fingerprint density at radius 1 is 1.17 bits per heavy atom. The number of hydrogen-bond acceptors (Lipinski definition) is 3. The molecule has 126 valence electrons. The van der Waals surface area contributed by atoms with Crippen LogP contribution in [0.4, 0.5) is 0 Å². The Balaban J connectivity index is 2.57. The number of carboxylic acid groups (broad SMARTS) is 1. The molecular formula is C20H22O4. The Hall–Kier alpha value is -2.59. The van der Waals surface area contributed by atoms with Gasteiger partial charge in [0.15, 0.2) is 6.79 Å². The van der Waals surface area contributed by atoms with Crippen molar-refractivity contribution in [2.45, 2.75) is 19.8 Å². The summed E-state index contributed by atoms with van der Waals surface area (Å²) in [5.41, 5.74) is 3.35. The topological polar surface area (TPSA) is 55.8 Å². The van der Waals surface area contributed by atoms with Crippen LogP contribution in [0.25, 0.3) is 5.57 Å². The molecule has 0 fully saturated rings. The van der Waals surface area contributed by atoms with E-state index in [0.29, 0.717) is 11.3 Å². The van der Waals surface area contributed by atoms with Gasteiger partial charge in [-0.15, -0.1) is 0 Å². The third-order valence-electron chi connectivity index (χ3n) is 3.56. The van der Waals surface area contributed by atoms with Crippen molar-refractivity contribution in [2.24, 2.45) is 0 Å². The van der Waals surface area contributed by atoms with E-state index >= 15 is 0 Å². The van der Waals surface area contributed by atoms with Gasteiger partial charge in [-0.3, -0.25) is 0 Å². The molecular weight excluding hydrogens is 304 g/mol. The molecule has 4 nitrogen and oxygen atoms in total. The number of carbonyl (C=O) groups is 1. The van der Waals surface area contributed by atoms with Crippen molar-refractivity contribution >= 4 is 11.5 Å². The smallest absolute Gasteiger partial charge is 0.328 e. The van der Waals surface area contributed by atoms with Gasteiger partial charge in [-0.05, 0) is 35.3 Å². The molecule has 0 aliphatic carbocycles.